The van der Waals surface area contributed by atoms with Gasteiger partial charge < -0.3 is 10.4 Å². The van der Waals surface area contributed by atoms with Gasteiger partial charge in [-0.05, 0) is 65.1 Å². The van der Waals surface area contributed by atoms with Crippen LogP contribution in [0, 0.1) is 6.92 Å². The van der Waals surface area contributed by atoms with Gasteiger partial charge in [-0.1, -0.05) is 66.7 Å². The number of pyridine rings is 1. The van der Waals surface area contributed by atoms with E-state index in [1.54, 1.807) is 17.8 Å². The van der Waals surface area contributed by atoms with Crippen LogP contribution in [0.1, 0.15) is 33.5 Å². The third-order valence-corrected chi connectivity index (χ3v) is 6.74. The molecule has 0 bridgehead atoms. The zero-order valence-corrected chi connectivity index (χ0v) is 21.1. The van der Waals surface area contributed by atoms with Crippen molar-refractivity contribution in [3.8, 4) is 11.1 Å². The number of carbonyl (C=O) groups excluding carboxylic acids is 1. The van der Waals surface area contributed by atoms with Gasteiger partial charge in [0.1, 0.15) is 6.04 Å². The van der Waals surface area contributed by atoms with Crippen LogP contribution in [0.2, 0.25) is 0 Å². The van der Waals surface area contributed by atoms with Crippen molar-refractivity contribution in [2.24, 2.45) is 0 Å². The smallest absolute Gasteiger partial charge is 0.326 e. The summed E-state index contributed by atoms with van der Waals surface area (Å²) in [4.78, 5) is 29.3. The van der Waals surface area contributed by atoms with E-state index in [1.165, 1.54) is 0 Å². The number of carboxylic acids is 1. The summed E-state index contributed by atoms with van der Waals surface area (Å²) in [6.45, 7) is 2.00. The number of aryl methyl sites for hydroxylation is 1. The summed E-state index contributed by atoms with van der Waals surface area (Å²) in [6, 6.07) is 20.7. The number of rotatable bonds is 9. The molecule has 4 rings (SSSR count). The van der Waals surface area contributed by atoms with Crippen molar-refractivity contribution >= 4 is 46.6 Å². The summed E-state index contributed by atoms with van der Waals surface area (Å²) in [5.74, 6) is -0.775. The van der Waals surface area contributed by atoms with E-state index < -0.39 is 17.9 Å². The summed E-state index contributed by atoms with van der Waals surface area (Å²) >= 11 is 1.55. The molecular formula is C30H28N2O3S. The second kappa shape index (κ2) is 11.7. The molecular weight excluding hydrogens is 468 g/mol. The van der Waals surface area contributed by atoms with E-state index in [0.717, 1.165) is 38.6 Å². The summed E-state index contributed by atoms with van der Waals surface area (Å²) < 4.78 is 0. The largest absolute Gasteiger partial charge is 0.480 e. The van der Waals surface area contributed by atoms with Gasteiger partial charge >= 0.3 is 5.97 Å². The summed E-state index contributed by atoms with van der Waals surface area (Å²) in [7, 11) is 0. The monoisotopic (exact) mass is 496 g/mol. The zero-order valence-electron chi connectivity index (χ0n) is 20.3. The van der Waals surface area contributed by atoms with Gasteiger partial charge in [-0.2, -0.15) is 11.8 Å². The summed E-state index contributed by atoms with van der Waals surface area (Å²) in [6.07, 6.45) is 9.99. The van der Waals surface area contributed by atoms with Crippen molar-refractivity contribution in [3.05, 3.63) is 101 Å². The number of hydrogen-bond donors (Lipinski definition) is 2. The molecule has 36 heavy (non-hydrogen) atoms. The highest BCUT2D eigenvalue weighted by molar-refractivity contribution is 7.98. The molecule has 0 aliphatic rings. The Bertz CT molecular complexity index is 1430. The molecule has 0 aliphatic carbocycles. The molecule has 0 aliphatic heterocycles. The van der Waals surface area contributed by atoms with Crippen LogP contribution in [0.15, 0.2) is 79.1 Å². The van der Waals surface area contributed by atoms with Gasteiger partial charge in [-0.25, -0.2) is 4.79 Å². The van der Waals surface area contributed by atoms with Gasteiger partial charge in [0, 0.05) is 28.9 Å². The fourth-order valence-electron chi connectivity index (χ4n) is 4.15. The molecule has 1 unspecified atom stereocenters. The molecule has 0 fully saturated rings. The fourth-order valence-corrected chi connectivity index (χ4v) is 4.62. The summed E-state index contributed by atoms with van der Waals surface area (Å²) in [5, 5.41) is 14.5. The van der Waals surface area contributed by atoms with Gasteiger partial charge in [-0.3, -0.25) is 9.78 Å². The average molecular weight is 497 g/mol. The van der Waals surface area contributed by atoms with E-state index in [1.807, 2.05) is 92.3 Å². The SMILES string of the molecule is CSCCC(NC(=O)c1ccc(C=Cc2cncc3ccccc23)cc1-c1ccccc1C)C(=O)O. The van der Waals surface area contributed by atoms with Crippen molar-refractivity contribution in [2.45, 2.75) is 19.4 Å². The fraction of sp³-hybridized carbons (Fsp3) is 0.167. The number of nitrogens with one attached hydrogen (secondary N) is 1. The van der Waals surface area contributed by atoms with Crippen LogP contribution < -0.4 is 5.32 Å². The molecule has 0 saturated carbocycles. The lowest BCUT2D eigenvalue weighted by Gasteiger charge is -2.17. The predicted molar refractivity (Wildman–Crippen MR) is 149 cm³/mol. The number of carboxylic acid groups (broad SMARTS) is 1. The van der Waals surface area contributed by atoms with Crippen LogP contribution in [0.5, 0.6) is 0 Å². The van der Waals surface area contributed by atoms with E-state index in [-0.39, 0.29) is 0 Å². The minimum atomic E-state index is -1.03. The Balaban J connectivity index is 1.72. The Labute approximate surface area is 215 Å². The maximum absolute atomic E-state index is 13.3. The van der Waals surface area contributed by atoms with E-state index in [2.05, 4.69) is 16.4 Å². The van der Waals surface area contributed by atoms with E-state index in [9.17, 15) is 14.7 Å². The van der Waals surface area contributed by atoms with Crippen molar-refractivity contribution in [3.63, 3.8) is 0 Å². The minimum absolute atomic E-state index is 0.363. The molecule has 1 heterocycles. The first kappa shape index (κ1) is 25.2. The van der Waals surface area contributed by atoms with Crippen LogP contribution >= 0.6 is 11.8 Å². The molecule has 3 aromatic carbocycles. The number of carbonyl (C=O) groups is 2. The molecule has 0 spiro atoms. The van der Waals surface area contributed by atoms with Crippen LogP contribution in [0.3, 0.4) is 0 Å². The summed E-state index contributed by atoms with van der Waals surface area (Å²) in [5.41, 5.74) is 5.10. The normalized spacial score (nSPS) is 12.1. The van der Waals surface area contributed by atoms with Gasteiger partial charge in [0.25, 0.3) is 5.91 Å². The highest BCUT2D eigenvalue weighted by atomic mass is 32.2. The van der Waals surface area contributed by atoms with Gasteiger partial charge in [-0.15, -0.1) is 0 Å². The zero-order chi connectivity index (χ0) is 25.5. The van der Waals surface area contributed by atoms with Gasteiger partial charge in [0.05, 0.1) is 0 Å². The molecule has 1 aromatic heterocycles. The predicted octanol–water partition coefficient (Wildman–Crippen LogP) is 6.32. The molecule has 1 atom stereocenters. The van der Waals surface area contributed by atoms with Gasteiger partial charge in [0.15, 0.2) is 0 Å². The number of amides is 1. The molecule has 1 amide bonds. The van der Waals surface area contributed by atoms with E-state index >= 15 is 0 Å². The Morgan fingerprint density at radius 3 is 2.56 bits per heavy atom. The highest BCUT2D eigenvalue weighted by Gasteiger charge is 2.22. The Morgan fingerprint density at radius 1 is 1.00 bits per heavy atom. The highest BCUT2D eigenvalue weighted by Crippen LogP contribution is 2.29. The third kappa shape index (κ3) is 5.83. The molecule has 182 valence electrons. The molecule has 2 N–H and O–H groups in total. The second-order valence-corrected chi connectivity index (χ2v) is 9.53. The molecule has 4 aromatic rings. The van der Waals surface area contributed by atoms with E-state index in [0.29, 0.717) is 17.7 Å². The first-order valence-corrected chi connectivity index (χ1v) is 13.1. The van der Waals surface area contributed by atoms with Crippen molar-refractivity contribution in [1.29, 1.82) is 0 Å². The van der Waals surface area contributed by atoms with Crippen molar-refractivity contribution in [2.75, 3.05) is 12.0 Å². The quantitative estimate of drug-likeness (QED) is 0.284. The number of benzene rings is 3. The molecule has 0 saturated heterocycles. The lowest BCUT2D eigenvalue weighted by atomic mass is 9.93. The van der Waals surface area contributed by atoms with Crippen LogP contribution in [-0.2, 0) is 4.79 Å². The van der Waals surface area contributed by atoms with E-state index in [4.69, 9.17) is 0 Å². The van der Waals surface area contributed by atoms with Crippen molar-refractivity contribution < 1.29 is 14.7 Å². The Kier molecular flexibility index (Phi) is 8.18. The first-order valence-electron chi connectivity index (χ1n) is 11.7. The molecule has 0 radical (unpaired) electrons. The Hall–Kier alpha value is -3.90. The maximum Gasteiger partial charge on any atom is 0.326 e. The number of fused-ring (bicyclic) bond motifs is 1. The number of aliphatic carboxylic acids is 1. The maximum atomic E-state index is 13.3. The topological polar surface area (TPSA) is 79.3 Å². The van der Waals surface area contributed by atoms with Crippen LogP contribution in [0.25, 0.3) is 34.1 Å². The van der Waals surface area contributed by atoms with Crippen LogP contribution in [0.4, 0.5) is 0 Å². The third-order valence-electron chi connectivity index (χ3n) is 6.09. The average Bonchev–Trinajstić information content (AvgIpc) is 2.89. The number of aromatic nitrogens is 1. The van der Waals surface area contributed by atoms with Crippen LogP contribution in [-0.4, -0.2) is 40.0 Å². The molecule has 5 nitrogen and oxygen atoms in total. The second-order valence-electron chi connectivity index (χ2n) is 8.55. The lowest BCUT2D eigenvalue weighted by molar-refractivity contribution is -0.139. The number of nitrogens with zero attached hydrogens (tertiary/aromatic N) is 1. The Morgan fingerprint density at radius 2 is 1.78 bits per heavy atom. The van der Waals surface area contributed by atoms with Gasteiger partial charge in [0.2, 0.25) is 0 Å². The standard InChI is InChI=1S/C30H28N2O3S/c1-20-7-3-5-9-24(20)27-17-21(11-13-23-19-31-18-22-8-4-6-10-25(22)23)12-14-26(27)29(33)32-28(30(34)35)15-16-36-2/h3-14,17-19,28H,15-16H2,1-2H3,(H,32,33)(H,34,35). The first-order chi connectivity index (χ1) is 17.5. The lowest BCUT2D eigenvalue weighted by Crippen LogP contribution is -2.41. The minimum Gasteiger partial charge on any atom is -0.480 e. The van der Waals surface area contributed by atoms with Crippen molar-refractivity contribution in [1.82, 2.24) is 10.3 Å². The molecule has 6 heteroatoms. The number of hydrogen-bond acceptors (Lipinski definition) is 4. The number of thioether (sulfide) groups is 1.